The van der Waals surface area contributed by atoms with Crippen LogP contribution in [-0.2, 0) is 23.8 Å². The molecule has 2 aliphatic rings. The lowest BCUT2D eigenvalue weighted by Crippen LogP contribution is -2.52. The number of aliphatic hydroxyl groups is 4. The van der Waals surface area contributed by atoms with Gasteiger partial charge in [0.05, 0.1) is 36.9 Å². The van der Waals surface area contributed by atoms with Crippen LogP contribution in [0.4, 0.5) is 0 Å². The zero-order valence-corrected chi connectivity index (χ0v) is 24.3. The molecule has 0 spiro atoms. The zero-order valence-electron chi connectivity index (χ0n) is 24.3. The Morgan fingerprint density at radius 3 is 2.54 bits per heavy atom. The molecule has 39 heavy (non-hydrogen) atoms. The van der Waals surface area contributed by atoms with Crippen molar-refractivity contribution in [3.05, 3.63) is 36.0 Å². The lowest BCUT2D eigenvalue weighted by atomic mass is 9.86. The van der Waals surface area contributed by atoms with Crippen molar-refractivity contribution in [1.29, 1.82) is 0 Å². The molecule has 0 aromatic heterocycles. The number of rotatable bonds is 9. The number of ether oxygens (including phenoxy) is 3. The number of cyclic esters (lactones) is 1. The first-order chi connectivity index (χ1) is 18.2. The number of esters is 2. The van der Waals surface area contributed by atoms with Gasteiger partial charge in [-0.15, -0.1) is 0 Å². The molecule has 0 aromatic carbocycles. The van der Waals surface area contributed by atoms with Crippen LogP contribution < -0.4 is 0 Å². The second kappa shape index (κ2) is 14.6. The van der Waals surface area contributed by atoms with Crippen molar-refractivity contribution in [2.45, 2.75) is 122 Å². The summed E-state index contributed by atoms with van der Waals surface area (Å²) in [6.45, 7) is 12.3. The fourth-order valence-corrected chi connectivity index (χ4v) is 5.01. The third kappa shape index (κ3) is 9.83. The largest absolute Gasteiger partial charge is 0.457 e. The monoisotopic (exact) mass is 552 g/mol. The average molecular weight is 553 g/mol. The molecule has 1 saturated heterocycles. The SMILES string of the molecule is CCC(O)C(C)C1OC1CC(C)C=CC=C(C)C1OC(=O)CC(O)CC(O)C(C)(O)C(OC(C)=O)C=CC1C. The minimum Gasteiger partial charge on any atom is -0.457 e. The molecule has 1 fully saturated rings. The fourth-order valence-electron chi connectivity index (χ4n) is 5.01. The predicted octanol–water partition coefficient (Wildman–Crippen LogP) is 2.99. The molecule has 9 nitrogen and oxygen atoms in total. The topological polar surface area (TPSA) is 146 Å². The van der Waals surface area contributed by atoms with Crippen LogP contribution in [0.25, 0.3) is 0 Å². The number of carbonyl (C=O) groups excluding carboxylic acids is 2. The van der Waals surface area contributed by atoms with Crippen molar-refractivity contribution in [3.63, 3.8) is 0 Å². The minimum absolute atomic E-state index is 0.0874. The highest BCUT2D eigenvalue weighted by molar-refractivity contribution is 5.70. The Kier molecular flexibility index (Phi) is 12.4. The molecule has 9 heteroatoms. The highest BCUT2D eigenvalue weighted by atomic mass is 16.6. The lowest BCUT2D eigenvalue weighted by molar-refractivity contribution is -0.172. The van der Waals surface area contributed by atoms with Gasteiger partial charge in [-0.1, -0.05) is 52.0 Å². The van der Waals surface area contributed by atoms with E-state index >= 15 is 0 Å². The van der Waals surface area contributed by atoms with E-state index in [1.54, 1.807) is 6.08 Å². The van der Waals surface area contributed by atoms with Gasteiger partial charge in [-0.25, -0.2) is 0 Å². The van der Waals surface area contributed by atoms with Crippen molar-refractivity contribution in [2.75, 3.05) is 0 Å². The van der Waals surface area contributed by atoms with Crippen molar-refractivity contribution < 1.29 is 44.2 Å². The summed E-state index contributed by atoms with van der Waals surface area (Å²) in [6, 6.07) is 0. The van der Waals surface area contributed by atoms with Gasteiger partial charge in [-0.2, -0.15) is 0 Å². The molecule has 2 aliphatic heterocycles. The normalized spacial score (nSPS) is 36.8. The molecule has 0 aliphatic carbocycles. The van der Waals surface area contributed by atoms with E-state index < -0.39 is 42.0 Å². The van der Waals surface area contributed by atoms with Crippen LogP contribution in [-0.4, -0.2) is 80.7 Å². The fraction of sp³-hybridized carbons (Fsp3) is 0.733. The Labute approximate surface area is 232 Å². The molecule has 0 amide bonds. The van der Waals surface area contributed by atoms with Gasteiger partial charge in [0.2, 0.25) is 0 Å². The van der Waals surface area contributed by atoms with E-state index in [9.17, 15) is 30.0 Å². The van der Waals surface area contributed by atoms with Crippen LogP contribution in [0, 0.1) is 17.8 Å². The third-order valence-corrected chi connectivity index (χ3v) is 7.78. The summed E-state index contributed by atoms with van der Waals surface area (Å²) in [4.78, 5) is 24.3. The molecule has 0 bridgehead atoms. The van der Waals surface area contributed by atoms with E-state index in [4.69, 9.17) is 14.2 Å². The smallest absolute Gasteiger partial charge is 0.309 e. The molecular formula is C30H48O9. The molecular weight excluding hydrogens is 504 g/mol. The third-order valence-electron chi connectivity index (χ3n) is 7.78. The number of hydrogen-bond donors (Lipinski definition) is 4. The number of aliphatic hydroxyl groups excluding tert-OH is 3. The number of hydrogen-bond acceptors (Lipinski definition) is 9. The molecule has 11 atom stereocenters. The van der Waals surface area contributed by atoms with Crippen LogP contribution in [0.5, 0.6) is 0 Å². The number of allylic oxidation sites excluding steroid dienone is 3. The highest BCUT2D eigenvalue weighted by Crippen LogP contribution is 2.36. The second-order valence-electron chi connectivity index (χ2n) is 11.5. The summed E-state index contributed by atoms with van der Waals surface area (Å²) in [7, 11) is 0. The molecule has 222 valence electrons. The Hall–Kier alpha value is -2.04. The van der Waals surface area contributed by atoms with Gasteiger partial charge in [-0.3, -0.25) is 9.59 Å². The zero-order chi connectivity index (χ0) is 29.5. The summed E-state index contributed by atoms with van der Waals surface area (Å²) in [5.74, 6) is -1.28. The number of carbonyl (C=O) groups is 2. The first-order valence-electron chi connectivity index (χ1n) is 14.0. The van der Waals surface area contributed by atoms with Crippen LogP contribution in [0.3, 0.4) is 0 Å². The molecule has 0 aromatic rings. The van der Waals surface area contributed by atoms with Gasteiger partial charge in [0.15, 0.2) is 6.10 Å². The Balaban J connectivity index is 2.16. The van der Waals surface area contributed by atoms with Crippen molar-refractivity contribution in [3.8, 4) is 0 Å². The Morgan fingerprint density at radius 1 is 1.26 bits per heavy atom. The maximum atomic E-state index is 12.6. The average Bonchev–Trinajstić information content (AvgIpc) is 3.61. The van der Waals surface area contributed by atoms with Gasteiger partial charge in [0, 0.05) is 25.2 Å². The quantitative estimate of drug-likeness (QED) is 0.147. The summed E-state index contributed by atoms with van der Waals surface area (Å²) in [5, 5.41) is 41.9. The highest BCUT2D eigenvalue weighted by Gasteiger charge is 2.45. The molecule has 2 heterocycles. The summed E-state index contributed by atoms with van der Waals surface area (Å²) < 4.78 is 16.8. The molecule has 2 rings (SSSR count). The maximum Gasteiger partial charge on any atom is 0.309 e. The van der Waals surface area contributed by atoms with E-state index in [2.05, 4.69) is 13.0 Å². The summed E-state index contributed by atoms with van der Waals surface area (Å²) in [5.41, 5.74) is -1.12. The maximum absolute atomic E-state index is 12.6. The second-order valence-corrected chi connectivity index (χ2v) is 11.5. The molecule has 0 saturated carbocycles. The predicted molar refractivity (Wildman–Crippen MR) is 146 cm³/mol. The van der Waals surface area contributed by atoms with E-state index in [0.717, 1.165) is 12.0 Å². The van der Waals surface area contributed by atoms with Gasteiger partial charge < -0.3 is 34.6 Å². The van der Waals surface area contributed by atoms with Crippen molar-refractivity contribution >= 4 is 11.9 Å². The first kappa shape index (κ1) is 33.2. The summed E-state index contributed by atoms with van der Waals surface area (Å²) >= 11 is 0. The summed E-state index contributed by atoms with van der Waals surface area (Å²) in [6.07, 6.45) is 5.23. The standard InChI is InChI=1S/C30H48O9/c1-8-23(33)20(5)29-24(38-29)14-17(2)10-9-11-18(3)28-19(4)12-13-26(37-21(6)31)30(7,36)25(34)15-22(32)16-27(35)39-28/h9-13,17,19-20,22-26,28-29,32-34,36H,8,14-16H2,1-7H3. The molecule has 11 unspecified atom stereocenters. The minimum atomic E-state index is -1.89. The Bertz CT molecular complexity index is 908. The van der Waals surface area contributed by atoms with Crippen molar-refractivity contribution in [1.82, 2.24) is 0 Å². The molecule has 4 N–H and O–H groups in total. The van der Waals surface area contributed by atoms with Crippen LogP contribution in [0.2, 0.25) is 0 Å². The van der Waals surface area contributed by atoms with Gasteiger partial charge in [-0.05, 0) is 44.3 Å². The van der Waals surface area contributed by atoms with Crippen LogP contribution in [0.15, 0.2) is 36.0 Å². The van der Waals surface area contributed by atoms with E-state index in [-0.39, 0.29) is 48.9 Å². The first-order valence-corrected chi connectivity index (χ1v) is 14.0. The van der Waals surface area contributed by atoms with Gasteiger partial charge >= 0.3 is 11.9 Å². The van der Waals surface area contributed by atoms with E-state index in [0.29, 0.717) is 6.42 Å². The van der Waals surface area contributed by atoms with Crippen LogP contribution in [0.1, 0.15) is 74.1 Å². The van der Waals surface area contributed by atoms with Gasteiger partial charge in [0.25, 0.3) is 0 Å². The number of epoxide rings is 1. The van der Waals surface area contributed by atoms with Crippen molar-refractivity contribution in [2.24, 2.45) is 17.8 Å². The van der Waals surface area contributed by atoms with Crippen LogP contribution >= 0.6 is 0 Å². The van der Waals surface area contributed by atoms with E-state index in [1.807, 2.05) is 39.8 Å². The molecule has 0 radical (unpaired) electrons. The Morgan fingerprint density at radius 2 is 1.92 bits per heavy atom. The van der Waals surface area contributed by atoms with Gasteiger partial charge in [0.1, 0.15) is 11.7 Å². The lowest BCUT2D eigenvalue weighted by Gasteiger charge is -2.36. The van der Waals surface area contributed by atoms with E-state index in [1.165, 1.54) is 19.9 Å².